The van der Waals surface area contributed by atoms with E-state index in [1.807, 2.05) is 24.3 Å². The first-order valence-electron chi connectivity index (χ1n) is 8.55. The molecule has 0 saturated carbocycles. The van der Waals surface area contributed by atoms with E-state index in [1.54, 1.807) is 24.3 Å². The number of amides is 2. The fourth-order valence-electron chi connectivity index (χ4n) is 3.45. The number of aryl methyl sites for hydroxylation is 1. The molecule has 5 heteroatoms. The van der Waals surface area contributed by atoms with Crippen LogP contribution < -0.4 is 5.32 Å². The van der Waals surface area contributed by atoms with Crippen LogP contribution in [0.25, 0.3) is 0 Å². The summed E-state index contributed by atoms with van der Waals surface area (Å²) in [7, 11) is 1.75. The van der Waals surface area contributed by atoms with Gasteiger partial charge in [-0.25, -0.2) is 0 Å². The van der Waals surface area contributed by atoms with E-state index in [0.717, 1.165) is 12.0 Å². The van der Waals surface area contributed by atoms with E-state index in [9.17, 15) is 9.59 Å². The summed E-state index contributed by atoms with van der Waals surface area (Å²) >= 11 is 0. The van der Waals surface area contributed by atoms with Gasteiger partial charge in [-0.05, 0) is 36.1 Å². The summed E-state index contributed by atoms with van der Waals surface area (Å²) in [6.07, 6.45) is 4.45. The minimum absolute atomic E-state index is 0.00657. The number of carbonyl (C=O) groups excluding carboxylic acids is 2. The highest BCUT2D eigenvalue weighted by Crippen LogP contribution is 2.36. The van der Waals surface area contributed by atoms with E-state index in [0.29, 0.717) is 6.54 Å². The number of likely N-dealkylation sites (tertiary alicyclic amines) is 1. The Bertz CT molecular complexity index is 761. The van der Waals surface area contributed by atoms with E-state index in [-0.39, 0.29) is 30.2 Å². The molecule has 0 spiro atoms. The lowest BCUT2D eigenvalue weighted by atomic mass is 9.94. The molecule has 2 amide bonds. The summed E-state index contributed by atoms with van der Waals surface area (Å²) < 4.78 is 0. The van der Waals surface area contributed by atoms with E-state index in [2.05, 4.69) is 29.4 Å². The van der Waals surface area contributed by atoms with Crippen molar-refractivity contribution in [2.24, 2.45) is 5.92 Å². The molecular weight excluding hydrogens is 314 g/mol. The lowest BCUT2D eigenvalue weighted by molar-refractivity contribution is -0.128. The van der Waals surface area contributed by atoms with Crippen LogP contribution in [0.15, 0.2) is 48.8 Å². The lowest BCUT2D eigenvalue weighted by Gasteiger charge is -2.24. The van der Waals surface area contributed by atoms with Crippen LogP contribution in [0.3, 0.4) is 0 Å². The van der Waals surface area contributed by atoms with Crippen LogP contribution in [0.5, 0.6) is 0 Å². The van der Waals surface area contributed by atoms with Gasteiger partial charge in [-0.1, -0.05) is 30.3 Å². The Balaban J connectivity index is 1.66. The van der Waals surface area contributed by atoms with Gasteiger partial charge in [-0.2, -0.15) is 0 Å². The number of hydrogen-bond acceptors (Lipinski definition) is 3. The fourth-order valence-corrected chi connectivity index (χ4v) is 3.45. The van der Waals surface area contributed by atoms with E-state index in [1.165, 1.54) is 11.1 Å². The van der Waals surface area contributed by atoms with Crippen LogP contribution in [0, 0.1) is 12.8 Å². The quantitative estimate of drug-likeness (QED) is 0.910. The molecule has 25 heavy (non-hydrogen) atoms. The maximum Gasteiger partial charge on any atom is 0.226 e. The monoisotopic (exact) mass is 337 g/mol. The van der Waals surface area contributed by atoms with Crippen molar-refractivity contribution in [3.8, 4) is 0 Å². The van der Waals surface area contributed by atoms with Gasteiger partial charge in [0.2, 0.25) is 11.8 Å². The van der Waals surface area contributed by atoms with E-state index in [4.69, 9.17) is 0 Å². The summed E-state index contributed by atoms with van der Waals surface area (Å²) in [6, 6.07) is 11.7. The highest BCUT2D eigenvalue weighted by atomic mass is 16.2. The largest absolute Gasteiger partial charge is 0.355 e. The molecule has 1 saturated heterocycles. The third-order valence-corrected chi connectivity index (χ3v) is 4.90. The molecule has 1 fully saturated rings. The molecule has 1 aliphatic heterocycles. The van der Waals surface area contributed by atoms with Crippen LogP contribution in [0.4, 0.5) is 0 Å². The van der Waals surface area contributed by atoms with Crippen molar-refractivity contribution in [2.45, 2.75) is 25.8 Å². The van der Waals surface area contributed by atoms with Gasteiger partial charge >= 0.3 is 0 Å². The van der Waals surface area contributed by atoms with Crippen molar-refractivity contribution in [3.05, 3.63) is 65.5 Å². The van der Waals surface area contributed by atoms with E-state index >= 15 is 0 Å². The van der Waals surface area contributed by atoms with Crippen molar-refractivity contribution >= 4 is 11.8 Å². The van der Waals surface area contributed by atoms with Gasteiger partial charge in [-0.15, -0.1) is 0 Å². The summed E-state index contributed by atoms with van der Waals surface area (Å²) in [5.74, 6) is -0.452. The number of hydrogen-bond donors (Lipinski definition) is 1. The molecule has 2 atom stereocenters. The maximum absolute atomic E-state index is 12.7. The predicted octanol–water partition coefficient (Wildman–Crippen LogP) is 2.27. The first-order chi connectivity index (χ1) is 12.1. The van der Waals surface area contributed by atoms with Crippen molar-refractivity contribution in [1.82, 2.24) is 15.2 Å². The summed E-state index contributed by atoms with van der Waals surface area (Å²) in [5, 5.41) is 3.00. The Labute approximate surface area is 148 Å². The van der Waals surface area contributed by atoms with Gasteiger partial charge in [0.1, 0.15) is 0 Å². The second-order valence-electron chi connectivity index (χ2n) is 6.51. The Morgan fingerprint density at radius 3 is 2.80 bits per heavy atom. The van der Waals surface area contributed by atoms with Crippen molar-refractivity contribution in [2.75, 3.05) is 13.6 Å². The van der Waals surface area contributed by atoms with Crippen LogP contribution in [-0.2, 0) is 16.0 Å². The van der Waals surface area contributed by atoms with Crippen LogP contribution in [0.2, 0.25) is 0 Å². The summed E-state index contributed by atoms with van der Waals surface area (Å²) in [4.78, 5) is 30.6. The van der Waals surface area contributed by atoms with Gasteiger partial charge in [0.05, 0.1) is 12.0 Å². The minimum Gasteiger partial charge on any atom is -0.355 e. The van der Waals surface area contributed by atoms with Gasteiger partial charge in [0, 0.05) is 32.4 Å². The number of benzene rings is 1. The molecule has 1 N–H and O–H groups in total. The molecule has 2 aromatic rings. The molecule has 0 radical (unpaired) electrons. The number of pyridine rings is 1. The third kappa shape index (κ3) is 3.71. The van der Waals surface area contributed by atoms with Crippen LogP contribution in [0.1, 0.15) is 29.2 Å². The van der Waals surface area contributed by atoms with Gasteiger partial charge in [-0.3, -0.25) is 14.6 Å². The van der Waals surface area contributed by atoms with Crippen molar-refractivity contribution < 1.29 is 9.59 Å². The Hall–Kier alpha value is -2.69. The standard InChI is InChI=1S/C20H23N3O2/c1-14-6-3-4-7-15(14)9-11-22-20(25)17-12-18(24)23(2)19(17)16-8-5-10-21-13-16/h3-8,10,13,17,19H,9,11-12H2,1-2H3,(H,22,25)/t17-,19-/m0/s1. The average Bonchev–Trinajstić information content (AvgIpc) is 2.92. The SMILES string of the molecule is Cc1ccccc1CCNC(=O)[C@H]1CC(=O)N(C)[C@H]1c1cccnc1. The zero-order valence-electron chi connectivity index (χ0n) is 14.6. The number of carbonyl (C=O) groups is 2. The fraction of sp³-hybridized carbons (Fsp3) is 0.350. The van der Waals surface area contributed by atoms with Crippen molar-refractivity contribution in [3.63, 3.8) is 0 Å². The summed E-state index contributed by atoms with van der Waals surface area (Å²) in [6.45, 7) is 2.64. The third-order valence-electron chi connectivity index (χ3n) is 4.90. The second kappa shape index (κ2) is 7.47. The zero-order valence-corrected chi connectivity index (χ0v) is 14.6. The lowest BCUT2D eigenvalue weighted by Crippen LogP contribution is -2.35. The molecule has 1 aliphatic rings. The number of nitrogens with zero attached hydrogens (tertiary/aromatic N) is 2. The first kappa shape index (κ1) is 17.1. The second-order valence-corrected chi connectivity index (χ2v) is 6.51. The molecule has 3 rings (SSSR count). The number of nitrogens with one attached hydrogen (secondary N) is 1. The number of aromatic nitrogens is 1. The normalized spacial score (nSPS) is 19.9. The van der Waals surface area contributed by atoms with E-state index < -0.39 is 0 Å². The first-order valence-corrected chi connectivity index (χ1v) is 8.55. The maximum atomic E-state index is 12.7. The molecule has 0 bridgehead atoms. The van der Waals surface area contributed by atoms with Gasteiger partial charge in [0.25, 0.3) is 0 Å². The Morgan fingerprint density at radius 2 is 2.08 bits per heavy atom. The van der Waals surface area contributed by atoms with Crippen LogP contribution >= 0.6 is 0 Å². The zero-order chi connectivity index (χ0) is 17.8. The molecule has 130 valence electrons. The smallest absolute Gasteiger partial charge is 0.226 e. The van der Waals surface area contributed by atoms with Crippen molar-refractivity contribution in [1.29, 1.82) is 0 Å². The number of rotatable bonds is 5. The Morgan fingerprint density at radius 1 is 1.28 bits per heavy atom. The summed E-state index contributed by atoms with van der Waals surface area (Å²) in [5.41, 5.74) is 3.35. The Kier molecular flexibility index (Phi) is 5.12. The molecule has 5 nitrogen and oxygen atoms in total. The molecule has 1 aromatic carbocycles. The molecule has 0 aliphatic carbocycles. The molecule has 0 unspecified atom stereocenters. The molecular formula is C20H23N3O2. The highest BCUT2D eigenvalue weighted by Gasteiger charge is 2.42. The van der Waals surface area contributed by atoms with Gasteiger partial charge in [0.15, 0.2) is 0 Å². The average molecular weight is 337 g/mol. The minimum atomic E-state index is -0.376. The molecule has 2 heterocycles. The highest BCUT2D eigenvalue weighted by molar-refractivity contribution is 5.90. The molecule has 1 aromatic heterocycles. The van der Waals surface area contributed by atoms with Gasteiger partial charge < -0.3 is 10.2 Å². The topological polar surface area (TPSA) is 62.3 Å². The van der Waals surface area contributed by atoms with Crippen LogP contribution in [-0.4, -0.2) is 35.3 Å². The predicted molar refractivity (Wildman–Crippen MR) is 95.7 cm³/mol.